The molecule has 5 nitrogen and oxygen atoms in total. The number of amides is 1. The topological polar surface area (TPSA) is 59.9 Å². The highest BCUT2D eigenvalue weighted by Gasteiger charge is 2.08. The molecule has 0 unspecified atom stereocenters. The van der Waals surface area contributed by atoms with Crippen molar-refractivity contribution in [3.63, 3.8) is 0 Å². The summed E-state index contributed by atoms with van der Waals surface area (Å²) in [7, 11) is 1.51. The number of ether oxygens (including phenoxy) is 1. The molecule has 0 aliphatic heterocycles. The Morgan fingerprint density at radius 2 is 2.22 bits per heavy atom. The van der Waals surface area contributed by atoms with E-state index in [0.717, 1.165) is 0 Å². The van der Waals surface area contributed by atoms with Crippen LogP contribution in [-0.4, -0.2) is 18.4 Å². The summed E-state index contributed by atoms with van der Waals surface area (Å²) in [6, 6.07) is 4.83. The first-order valence-electron chi connectivity index (χ1n) is 5.10. The monoisotopic (exact) mass is 290 g/mol. The molecule has 0 heterocycles. The molecular weight excluding hydrogens is 279 g/mol. The van der Waals surface area contributed by atoms with Gasteiger partial charge >= 0.3 is 6.09 Å². The fourth-order valence-corrected chi connectivity index (χ4v) is 1.21. The number of carbonyl (C=O) groups is 1. The van der Waals surface area contributed by atoms with Gasteiger partial charge in [-0.15, -0.1) is 0 Å². The summed E-state index contributed by atoms with van der Waals surface area (Å²) in [4.78, 5) is 15.9. The van der Waals surface area contributed by atoms with E-state index < -0.39 is 6.09 Å². The molecule has 0 fully saturated rings. The van der Waals surface area contributed by atoms with E-state index in [0.29, 0.717) is 22.9 Å². The Bertz CT molecular complexity index is 464. The van der Waals surface area contributed by atoms with Crippen LogP contribution in [0.2, 0.25) is 5.02 Å². The summed E-state index contributed by atoms with van der Waals surface area (Å²) >= 11 is 11.5. The van der Waals surface area contributed by atoms with Gasteiger partial charge in [-0.2, -0.15) is 0 Å². The number of nitrogens with one attached hydrogen (secondary N) is 1. The number of rotatable bonds is 4. The molecule has 7 heteroatoms. The summed E-state index contributed by atoms with van der Waals surface area (Å²) in [6.07, 6.45) is -0.300. The lowest BCUT2D eigenvalue weighted by Crippen LogP contribution is -2.11. The van der Waals surface area contributed by atoms with Crippen LogP contribution in [0.5, 0.6) is 5.75 Å². The summed E-state index contributed by atoms with van der Waals surface area (Å²) in [5, 5.41) is 6.39. The minimum Gasteiger partial charge on any atom is -0.497 e. The minimum absolute atomic E-state index is 0.196. The third kappa shape index (κ3) is 4.43. The second kappa shape index (κ2) is 7.08. The molecule has 0 radical (unpaired) electrons. The highest BCUT2D eigenvalue weighted by atomic mass is 35.5. The van der Waals surface area contributed by atoms with Crippen molar-refractivity contribution in [3.8, 4) is 5.75 Å². The number of hydrogen-bond donors (Lipinski definition) is 1. The molecule has 0 aliphatic carbocycles. The molecule has 18 heavy (non-hydrogen) atoms. The molecule has 1 aromatic carbocycles. The summed E-state index contributed by atoms with van der Waals surface area (Å²) < 4.78 is 5.01. The van der Waals surface area contributed by atoms with E-state index in [2.05, 4.69) is 15.3 Å². The molecule has 0 atom stereocenters. The largest absolute Gasteiger partial charge is 0.497 e. The first-order chi connectivity index (χ1) is 8.56. The van der Waals surface area contributed by atoms with Gasteiger partial charge in [0.25, 0.3) is 0 Å². The quantitative estimate of drug-likeness (QED) is 0.520. The van der Waals surface area contributed by atoms with E-state index >= 15 is 0 Å². The van der Waals surface area contributed by atoms with Crippen LogP contribution in [0.15, 0.2) is 23.4 Å². The molecule has 0 spiro atoms. The highest BCUT2D eigenvalue weighted by Crippen LogP contribution is 2.26. The lowest BCUT2D eigenvalue weighted by molar-refractivity contribution is 0.166. The van der Waals surface area contributed by atoms with Crippen LogP contribution in [0.25, 0.3) is 0 Å². The predicted octanol–water partition coefficient (Wildman–Crippen LogP) is 3.86. The van der Waals surface area contributed by atoms with Crippen molar-refractivity contribution in [2.24, 2.45) is 5.16 Å². The first-order valence-corrected chi connectivity index (χ1v) is 5.86. The van der Waals surface area contributed by atoms with Crippen molar-refractivity contribution in [1.82, 2.24) is 0 Å². The molecule has 98 valence electrons. The zero-order valence-corrected chi connectivity index (χ0v) is 11.4. The van der Waals surface area contributed by atoms with Gasteiger partial charge in [-0.05, 0) is 12.1 Å². The van der Waals surface area contributed by atoms with Gasteiger partial charge < -0.3 is 4.74 Å². The smallest absolute Gasteiger partial charge is 0.437 e. The van der Waals surface area contributed by atoms with Crippen LogP contribution in [0.1, 0.15) is 13.3 Å². The Kier molecular flexibility index (Phi) is 5.74. The Morgan fingerprint density at radius 3 is 2.83 bits per heavy atom. The maximum atomic E-state index is 11.4. The molecule has 0 saturated heterocycles. The summed E-state index contributed by atoms with van der Waals surface area (Å²) in [5.74, 6) is 0.560. The zero-order chi connectivity index (χ0) is 13.5. The second-order valence-corrected chi connectivity index (χ2v) is 4.01. The van der Waals surface area contributed by atoms with Crippen molar-refractivity contribution in [2.45, 2.75) is 13.3 Å². The van der Waals surface area contributed by atoms with Crippen molar-refractivity contribution >= 4 is 40.2 Å². The molecule has 0 aromatic heterocycles. The molecule has 0 saturated carbocycles. The SMILES string of the molecule is CCC(Cl)=NOC(=O)Nc1cc(OC)ccc1Cl. The van der Waals surface area contributed by atoms with E-state index in [4.69, 9.17) is 27.9 Å². The van der Waals surface area contributed by atoms with Crippen LogP contribution < -0.4 is 10.1 Å². The van der Waals surface area contributed by atoms with Crippen LogP contribution in [0.3, 0.4) is 0 Å². The number of benzene rings is 1. The van der Waals surface area contributed by atoms with Crippen LogP contribution in [0.4, 0.5) is 10.5 Å². The lowest BCUT2D eigenvalue weighted by atomic mass is 10.3. The van der Waals surface area contributed by atoms with Gasteiger partial charge in [0.15, 0.2) is 0 Å². The van der Waals surface area contributed by atoms with Gasteiger partial charge in [0.1, 0.15) is 10.9 Å². The second-order valence-electron chi connectivity index (χ2n) is 3.17. The number of nitrogens with zero attached hydrogens (tertiary/aromatic N) is 1. The number of oxime groups is 1. The van der Waals surface area contributed by atoms with Crippen molar-refractivity contribution < 1.29 is 14.4 Å². The number of methoxy groups -OCH3 is 1. The number of carbonyl (C=O) groups excluding carboxylic acids is 1. The standard InChI is InChI=1S/C11H12Cl2N2O3/c1-3-10(13)15-18-11(16)14-9-6-7(17-2)4-5-8(9)12/h4-6H,3H2,1-2H3,(H,14,16). The molecule has 0 bridgehead atoms. The van der Waals surface area contributed by atoms with Crippen LogP contribution in [0, 0.1) is 0 Å². The van der Waals surface area contributed by atoms with Gasteiger partial charge in [-0.3, -0.25) is 10.2 Å². The fourth-order valence-electron chi connectivity index (χ4n) is 1.02. The van der Waals surface area contributed by atoms with E-state index in [-0.39, 0.29) is 5.17 Å². The van der Waals surface area contributed by atoms with Gasteiger partial charge in [0.2, 0.25) is 0 Å². The molecule has 1 rings (SSSR count). The van der Waals surface area contributed by atoms with Gasteiger partial charge in [-0.1, -0.05) is 35.3 Å². The van der Waals surface area contributed by atoms with Crippen LogP contribution in [-0.2, 0) is 4.84 Å². The van der Waals surface area contributed by atoms with Gasteiger partial charge in [0.05, 0.1) is 17.8 Å². The van der Waals surface area contributed by atoms with Crippen molar-refractivity contribution in [2.75, 3.05) is 12.4 Å². The Balaban J connectivity index is 2.69. The molecular formula is C11H12Cl2N2O3. The Labute approximate surface area is 115 Å². The lowest BCUT2D eigenvalue weighted by Gasteiger charge is -2.07. The predicted molar refractivity (Wildman–Crippen MR) is 71.7 cm³/mol. The van der Waals surface area contributed by atoms with Crippen molar-refractivity contribution in [3.05, 3.63) is 23.2 Å². The molecule has 1 N–H and O–H groups in total. The van der Waals surface area contributed by atoms with E-state index in [1.54, 1.807) is 25.1 Å². The Morgan fingerprint density at radius 1 is 1.50 bits per heavy atom. The normalized spacial score (nSPS) is 11.0. The van der Waals surface area contributed by atoms with Gasteiger partial charge in [-0.25, -0.2) is 4.79 Å². The average Bonchev–Trinajstić information content (AvgIpc) is 2.38. The number of anilines is 1. The fraction of sp³-hybridized carbons (Fsp3) is 0.273. The van der Waals surface area contributed by atoms with E-state index in [1.807, 2.05) is 0 Å². The third-order valence-electron chi connectivity index (χ3n) is 1.93. The highest BCUT2D eigenvalue weighted by molar-refractivity contribution is 6.65. The molecule has 0 aliphatic rings. The van der Waals surface area contributed by atoms with E-state index in [9.17, 15) is 4.79 Å². The first kappa shape index (κ1) is 14.6. The number of hydrogen-bond acceptors (Lipinski definition) is 4. The summed E-state index contributed by atoms with van der Waals surface area (Å²) in [6.45, 7) is 1.78. The van der Waals surface area contributed by atoms with Crippen LogP contribution >= 0.6 is 23.2 Å². The average molecular weight is 291 g/mol. The maximum Gasteiger partial charge on any atom is 0.437 e. The number of halogens is 2. The third-order valence-corrected chi connectivity index (χ3v) is 2.60. The van der Waals surface area contributed by atoms with Crippen molar-refractivity contribution in [1.29, 1.82) is 0 Å². The zero-order valence-electron chi connectivity index (χ0n) is 9.87. The molecule has 1 aromatic rings. The maximum absolute atomic E-state index is 11.4. The minimum atomic E-state index is -0.781. The Hall–Kier alpha value is -1.46. The van der Waals surface area contributed by atoms with Gasteiger partial charge in [0, 0.05) is 12.5 Å². The van der Waals surface area contributed by atoms with E-state index in [1.165, 1.54) is 7.11 Å². The summed E-state index contributed by atoms with van der Waals surface area (Å²) in [5.41, 5.74) is 0.365. The molecule has 1 amide bonds.